The van der Waals surface area contributed by atoms with Gasteiger partial charge in [0.15, 0.2) is 0 Å². The first-order chi connectivity index (χ1) is 9.00. The van der Waals surface area contributed by atoms with Crippen LogP contribution in [0.2, 0.25) is 10.0 Å². The third-order valence-corrected chi connectivity index (χ3v) is 9.69. The molecule has 20 heavy (non-hydrogen) atoms. The summed E-state index contributed by atoms with van der Waals surface area (Å²) in [7, 11) is 0. The fourth-order valence-corrected chi connectivity index (χ4v) is 8.71. The maximum atomic E-state index is 6.10. The second kappa shape index (κ2) is 11.4. The van der Waals surface area contributed by atoms with E-state index in [1.807, 2.05) is 19.9 Å². The minimum absolute atomic E-state index is 0. The number of hydrogen-bond acceptors (Lipinski definition) is 5. The van der Waals surface area contributed by atoms with Crippen molar-refractivity contribution in [2.75, 3.05) is 18.3 Å². The van der Waals surface area contributed by atoms with Crippen molar-refractivity contribution in [3.8, 4) is 0 Å². The van der Waals surface area contributed by atoms with Crippen LogP contribution in [0.4, 0.5) is 0 Å². The van der Waals surface area contributed by atoms with Crippen LogP contribution in [0.3, 0.4) is 0 Å². The molecule has 0 unspecified atom stereocenters. The van der Waals surface area contributed by atoms with Crippen molar-refractivity contribution >= 4 is 63.8 Å². The van der Waals surface area contributed by atoms with Gasteiger partial charge in [0.1, 0.15) is 0 Å². The Labute approximate surface area is 159 Å². The minimum atomic E-state index is -2.23. The number of thioether (sulfide) groups is 1. The van der Waals surface area contributed by atoms with E-state index in [4.69, 9.17) is 44.1 Å². The molecule has 119 valence electrons. The number of halogens is 2. The molecule has 0 amide bonds. The van der Waals surface area contributed by atoms with Crippen LogP contribution in [0.5, 0.6) is 0 Å². The van der Waals surface area contributed by atoms with Gasteiger partial charge in [-0.3, -0.25) is 0 Å². The monoisotopic (exact) mass is 483 g/mol. The van der Waals surface area contributed by atoms with Crippen molar-refractivity contribution in [1.29, 1.82) is 0 Å². The molecule has 1 rings (SSSR count). The quantitative estimate of drug-likeness (QED) is 0.192. The number of rotatable bonds is 8. The average molecular weight is 485 g/mol. The molecule has 0 aromatic heterocycles. The van der Waals surface area contributed by atoms with Gasteiger partial charge in [0, 0.05) is 32.3 Å². The predicted molar refractivity (Wildman–Crippen MR) is 92.3 cm³/mol. The largest absolute Gasteiger partial charge is 0.322 e. The molecule has 2 nitrogen and oxygen atoms in total. The summed E-state index contributed by atoms with van der Waals surface area (Å²) in [6.07, 6.45) is 0. The summed E-state index contributed by atoms with van der Waals surface area (Å²) >= 11 is 20.6. The fraction of sp³-hybridized carbons (Fsp3) is 0.455. The molecule has 0 saturated heterocycles. The summed E-state index contributed by atoms with van der Waals surface area (Å²) in [5, 5.41) is 2.08. The predicted octanol–water partition coefficient (Wildman–Crippen LogP) is 6.07. The smallest absolute Gasteiger partial charge is 0.248 e. The van der Waals surface area contributed by atoms with Gasteiger partial charge >= 0.3 is 0 Å². The Morgan fingerprint density at radius 1 is 1.20 bits per heavy atom. The van der Waals surface area contributed by atoms with E-state index in [0.29, 0.717) is 23.3 Å². The van der Waals surface area contributed by atoms with E-state index in [0.717, 1.165) is 9.98 Å². The van der Waals surface area contributed by atoms with Gasteiger partial charge < -0.3 is 9.05 Å². The van der Waals surface area contributed by atoms with Gasteiger partial charge in [-0.15, -0.1) is 11.8 Å². The molecule has 0 spiro atoms. The van der Waals surface area contributed by atoms with Crippen molar-refractivity contribution in [1.82, 2.24) is 0 Å². The molecule has 0 aliphatic carbocycles. The zero-order valence-corrected chi connectivity index (χ0v) is 17.2. The third-order valence-electron chi connectivity index (χ3n) is 1.89. The van der Waals surface area contributed by atoms with E-state index in [9.17, 15) is 0 Å². The topological polar surface area (TPSA) is 18.5 Å². The second-order valence-corrected chi connectivity index (χ2v) is 11.8. The molecule has 0 fully saturated rings. The Kier molecular flexibility index (Phi) is 12.4. The third kappa shape index (κ3) is 7.89. The summed E-state index contributed by atoms with van der Waals surface area (Å²) in [4.78, 5) is 0.941. The standard InChI is InChI=1S/C11H15Cl2O2PS3.Ag/c1-3-14-16(17,15-4-2)19-8-18-11-7-9(12)5-6-10(11)13;/h5-7H,3-4,8H2,1-2H3;. The Bertz CT molecular complexity index is 455. The Balaban J connectivity index is 0.00000361. The summed E-state index contributed by atoms with van der Waals surface area (Å²) in [5.41, 5.74) is -2.23. The van der Waals surface area contributed by atoms with E-state index in [1.165, 1.54) is 11.4 Å². The molecule has 0 saturated carbocycles. The zero-order chi connectivity index (χ0) is 14.3. The van der Waals surface area contributed by atoms with Crippen molar-refractivity contribution in [3.05, 3.63) is 28.2 Å². The van der Waals surface area contributed by atoms with Crippen LogP contribution in [-0.4, -0.2) is 18.3 Å². The fourth-order valence-electron chi connectivity index (χ4n) is 1.17. The molecular weight excluding hydrogens is 470 g/mol. The number of benzene rings is 1. The van der Waals surface area contributed by atoms with Crippen LogP contribution >= 0.6 is 52.0 Å². The van der Waals surface area contributed by atoms with Crippen molar-refractivity contribution < 1.29 is 31.4 Å². The molecule has 1 aromatic carbocycles. The Hall–Kier alpha value is 1.81. The van der Waals surface area contributed by atoms with E-state index >= 15 is 0 Å². The van der Waals surface area contributed by atoms with Gasteiger partial charge in [-0.2, -0.15) is 0 Å². The van der Waals surface area contributed by atoms with Crippen molar-refractivity contribution in [3.63, 3.8) is 0 Å². The average Bonchev–Trinajstić information content (AvgIpc) is 2.34. The molecule has 1 aromatic rings. The van der Waals surface area contributed by atoms with E-state index in [1.54, 1.807) is 23.9 Å². The van der Waals surface area contributed by atoms with Gasteiger partial charge in [-0.25, -0.2) is 0 Å². The molecule has 1 radical (unpaired) electrons. The van der Waals surface area contributed by atoms with Gasteiger partial charge in [-0.1, -0.05) is 34.6 Å². The van der Waals surface area contributed by atoms with Gasteiger partial charge in [-0.05, 0) is 43.9 Å². The summed E-state index contributed by atoms with van der Waals surface area (Å²) < 4.78 is 11.1. The molecule has 0 bridgehead atoms. The first-order valence-corrected chi connectivity index (χ1v) is 11.6. The van der Waals surface area contributed by atoms with Gasteiger partial charge in [0.2, 0.25) is 5.69 Å². The molecule has 0 N–H and O–H groups in total. The molecule has 0 aliphatic heterocycles. The molecule has 0 aliphatic rings. The second-order valence-electron chi connectivity index (χ2n) is 3.25. The van der Waals surface area contributed by atoms with Crippen LogP contribution in [-0.2, 0) is 43.2 Å². The van der Waals surface area contributed by atoms with E-state index in [2.05, 4.69) is 0 Å². The first kappa shape index (κ1) is 21.8. The van der Waals surface area contributed by atoms with Crippen molar-refractivity contribution in [2.24, 2.45) is 0 Å². The molecule has 9 heteroatoms. The maximum Gasteiger partial charge on any atom is 0.248 e. The first-order valence-electron chi connectivity index (χ1n) is 5.62. The Morgan fingerprint density at radius 2 is 1.80 bits per heavy atom. The van der Waals surface area contributed by atoms with Crippen LogP contribution in [0, 0.1) is 0 Å². The normalized spacial score (nSPS) is 11.2. The van der Waals surface area contributed by atoms with Gasteiger partial charge in [0.25, 0.3) is 0 Å². The van der Waals surface area contributed by atoms with Crippen LogP contribution in [0.1, 0.15) is 13.8 Å². The van der Waals surface area contributed by atoms with Crippen LogP contribution in [0.15, 0.2) is 23.1 Å². The zero-order valence-electron chi connectivity index (χ0n) is 10.9. The SMILES string of the molecule is CCOP(=S)(OCC)SCSc1cc(Cl)ccc1Cl.[Ag]. The summed E-state index contributed by atoms with van der Waals surface area (Å²) in [6, 6.07) is 5.41. The summed E-state index contributed by atoms with van der Waals surface area (Å²) in [5.74, 6) is 0. The Morgan fingerprint density at radius 3 is 2.35 bits per heavy atom. The van der Waals surface area contributed by atoms with E-state index in [-0.39, 0.29) is 22.4 Å². The summed E-state index contributed by atoms with van der Waals surface area (Å²) in [6.45, 7) is 4.96. The van der Waals surface area contributed by atoms with Crippen LogP contribution in [0.25, 0.3) is 0 Å². The van der Waals surface area contributed by atoms with Crippen LogP contribution < -0.4 is 0 Å². The minimum Gasteiger partial charge on any atom is -0.322 e. The maximum absolute atomic E-state index is 6.10. The molecular formula is C11H15AgCl2O2PS3. The molecule has 0 atom stereocenters. The molecule has 0 heterocycles. The van der Waals surface area contributed by atoms with Crippen molar-refractivity contribution in [2.45, 2.75) is 18.7 Å². The number of hydrogen-bond donors (Lipinski definition) is 0. The van der Waals surface area contributed by atoms with E-state index < -0.39 is 5.69 Å². The van der Waals surface area contributed by atoms with Gasteiger partial charge in [0.05, 0.1) is 23.3 Å².